The number of amides is 1. The van der Waals surface area contributed by atoms with Crippen molar-refractivity contribution < 1.29 is 13.2 Å². The summed E-state index contributed by atoms with van der Waals surface area (Å²) in [5.74, 6) is -0.206. The van der Waals surface area contributed by atoms with Crippen LogP contribution in [0.2, 0.25) is 0 Å². The van der Waals surface area contributed by atoms with Crippen LogP contribution in [0, 0.1) is 13.8 Å². The van der Waals surface area contributed by atoms with Crippen LogP contribution in [-0.4, -0.2) is 31.4 Å². The van der Waals surface area contributed by atoms with Crippen LogP contribution in [0.4, 0.5) is 5.69 Å². The van der Waals surface area contributed by atoms with Crippen molar-refractivity contribution in [2.24, 2.45) is 0 Å². The van der Waals surface area contributed by atoms with Crippen molar-refractivity contribution >= 4 is 21.6 Å². The SMILES string of the molecule is Cc1ccc(NC(=O)CCN(C(C)c2ccccc2)S(C)(=O)=O)cc1C. The molecular formula is C20H26N2O3S. The van der Waals surface area contributed by atoms with E-state index in [1.807, 2.05) is 69.3 Å². The fraction of sp³-hybridized carbons (Fsp3) is 0.350. The molecule has 0 heterocycles. The molecule has 0 saturated heterocycles. The Labute approximate surface area is 156 Å². The first-order valence-electron chi connectivity index (χ1n) is 8.57. The quantitative estimate of drug-likeness (QED) is 0.804. The second-order valence-electron chi connectivity index (χ2n) is 6.56. The van der Waals surface area contributed by atoms with Gasteiger partial charge < -0.3 is 5.32 Å². The van der Waals surface area contributed by atoms with Crippen LogP contribution in [0.1, 0.15) is 36.1 Å². The molecule has 0 saturated carbocycles. The van der Waals surface area contributed by atoms with E-state index in [0.29, 0.717) is 0 Å². The highest BCUT2D eigenvalue weighted by atomic mass is 32.2. The standard InChI is InChI=1S/C20H26N2O3S/c1-15-10-11-19(14-16(15)2)21-20(23)12-13-22(26(4,24)25)17(3)18-8-6-5-7-9-18/h5-11,14,17H,12-13H2,1-4H3,(H,21,23). The summed E-state index contributed by atoms with van der Waals surface area (Å²) in [6.07, 6.45) is 1.27. The topological polar surface area (TPSA) is 66.5 Å². The van der Waals surface area contributed by atoms with Gasteiger partial charge in [-0.2, -0.15) is 4.31 Å². The minimum absolute atomic E-state index is 0.0944. The summed E-state index contributed by atoms with van der Waals surface area (Å²) in [6.45, 7) is 5.96. The maximum absolute atomic E-state index is 12.3. The fourth-order valence-electron chi connectivity index (χ4n) is 2.80. The molecule has 0 aliphatic heterocycles. The van der Waals surface area contributed by atoms with Crippen molar-refractivity contribution in [1.82, 2.24) is 4.31 Å². The van der Waals surface area contributed by atoms with Crippen molar-refractivity contribution in [2.45, 2.75) is 33.2 Å². The van der Waals surface area contributed by atoms with Crippen molar-refractivity contribution in [3.05, 3.63) is 65.2 Å². The number of carbonyl (C=O) groups is 1. The average Bonchev–Trinajstić information content (AvgIpc) is 2.58. The zero-order chi connectivity index (χ0) is 19.3. The van der Waals surface area contributed by atoms with Gasteiger partial charge in [-0.25, -0.2) is 8.42 Å². The van der Waals surface area contributed by atoms with Crippen LogP contribution < -0.4 is 5.32 Å². The van der Waals surface area contributed by atoms with E-state index in [1.54, 1.807) is 0 Å². The Morgan fingerprint density at radius 3 is 2.31 bits per heavy atom. The molecule has 0 spiro atoms. The van der Waals surface area contributed by atoms with E-state index >= 15 is 0 Å². The third-order valence-electron chi connectivity index (χ3n) is 4.49. The lowest BCUT2D eigenvalue weighted by Gasteiger charge is -2.27. The molecule has 2 rings (SSSR count). The maximum Gasteiger partial charge on any atom is 0.225 e. The average molecular weight is 375 g/mol. The van der Waals surface area contributed by atoms with E-state index in [9.17, 15) is 13.2 Å². The van der Waals surface area contributed by atoms with Gasteiger partial charge in [0.25, 0.3) is 0 Å². The van der Waals surface area contributed by atoms with E-state index in [2.05, 4.69) is 5.32 Å². The molecule has 26 heavy (non-hydrogen) atoms. The van der Waals surface area contributed by atoms with Crippen LogP contribution in [0.5, 0.6) is 0 Å². The lowest BCUT2D eigenvalue weighted by molar-refractivity contribution is -0.116. The van der Waals surface area contributed by atoms with E-state index in [1.165, 1.54) is 10.6 Å². The molecule has 0 aliphatic carbocycles. The van der Waals surface area contributed by atoms with Crippen LogP contribution in [-0.2, 0) is 14.8 Å². The molecule has 1 amide bonds. The number of hydrogen-bond acceptors (Lipinski definition) is 3. The Morgan fingerprint density at radius 2 is 1.73 bits per heavy atom. The smallest absolute Gasteiger partial charge is 0.225 e. The van der Waals surface area contributed by atoms with Crippen molar-refractivity contribution in [3.8, 4) is 0 Å². The van der Waals surface area contributed by atoms with Crippen LogP contribution >= 0.6 is 0 Å². The number of benzene rings is 2. The third kappa shape index (κ3) is 5.41. The van der Waals surface area contributed by atoms with Gasteiger partial charge in [0.15, 0.2) is 0 Å². The number of anilines is 1. The number of carbonyl (C=O) groups excluding carboxylic acids is 1. The molecule has 6 heteroatoms. The predicted octanol–water partition coefficient (Wildman–Crippen LogP) is 3.65. The van der Waals surface area contributed by atoms with Gasteiger partial charge in [-0.15, -0.1) is 0 Å². The van der Waals surface area contributed by atoms with E-state index in [4.69, 9.17) is 0 Å². The molecular weight excluding hydrogens is 348 g/mol. The molecule has 140 valence electrons. The van der Waals surface area contributed by atoms with Gasteiger partial charge in [0.1, 0.15) is 0 Å². The predicted molar refractivity (Wildman–Crippen MR) is 106 cm³/mol. The molecule has 0 fully saturated rings. The van der Waals surface area contributed by atoms with Gasteiger partial charge in [-0.05, 0) is 49.6 Å². The lowest BCUT2D eigenvalue weighted by Crippen LogP contribution is -2.35. The first kappa shape index (κ1) is 20.1. The summed E-state index contributed by atoms with van der Waals surface area (Å²) >= 11 is 0. The highest BCUT2D eigenvalue weighted by molar-refractivity contribution is 7.88. The molecule has 5 nitrogen and oxygen atoms in total. The molecule has 0 aromatic heterocycles. The first-order valence-corrected chi connectivity index (χ1v) is 10.4. The summed E-state index contributed by atoms with van der Waals surface area (Å²) in [4.78, 5) is 12.3. The van der Waals surface area contributed by atoms with Gasteiger partial charge in [-0.1, -0.05) is 36.4 Å². The number of aryl methyl sites for hydroxylation is 2. The second kappa shape index (κ2) is 8.47. The second-order valence-corrected chi connectivity index (χ2v) is 8.49. The molecule has 0 bridgehead atoms. The van der Waals surface area contributed by atoms with Crippen LogP contribution in [0.15, 0.2) is 48.5 Å². The lowest BCUT2D eigenvalue weighted by atomic mass is 10.1. The molecule has 2 aromatic carbocycles. The Hall–Kier alpha value is -2.18. The number of sulfonamides is 1. The highest BCUT2D eigenvalue weighted by Crippen LogP contribution is 2.23. The summed E-state index contributed by atoms with van der Waals surface area (Å²) in [5, 5.41) is 2.84. The minimum atomic E-state index is -3.44. The van der Waals surface area contributed by atoms with Crippen LogP contribution in [0.3, 0.4) is 0 Å². The Kier molecular flexibility index (Phi) is 6.56. The molecule has 1 unspecified atom stereocenters. The normalized spacial score (nSPS) is 12.8. The molecule has 0 radical (unpaired) electrons. The number of nitrogens with one attached hydrogen (secondary N) is 1. The Bertz CT molecular complexity index is 864. The zero-order valence-electron chi connectivity index (χ0n) is 15.7. The maximum atomic E-state index is 12.3. The molecule has 2 aromatic rings. The Balaban J connectivity index is 2.05. The van der Waals surface area contributed by atoms with E-state index in [0.717, 1.165) is 22.4 Å². The van der Waals surface area contributed by atoms with Gasteiger partial charge in [0.2, 0.25) is 15.9 Å². The van der Waals surface area contributed by atoms with Crippen molar-refractivity contribution in [2.75, 3.05) is 18.1 Å². The number of rotatable bonds is 7. The first-order chi connectivity index (χ1) is 12.2. The zero-order valence-corrected chi connectivity index (χ0v) is 16.5. The van der Waals surface area contributed by atoms with E-state index < -0.39 is 10.0 Å². The van der Waals surface area contributed by atoms with Crippen molar-refractivity contribution in [3.63, 3.8) is 0 Å². The summed E-state index contributed by atoms with van der Waals surface area (Å²) < 4.78 is 25.8. The summed E-state index contributed by atoms with van der Waals surface area (Å²) in [7, 11) is -3.44. The highest BCUT2D eigenvalue weighted by Gasteiger charge is 2.25. The van der Waals surface area contributed by atoms with E-state index in [-0.39, 0.29) is 24.9 Å². The fourth-order valence-corrected chi connectivity index (χ4v) is 3.92. The third-order valence-corrected chi connectivity index (χ3v) is 5.84. The summed E-state index contributed by atoms with van der Waals surface area (Å²) in [6, 6.07) is 14.8. The van der Waals surface area contributed by atoms with Crippen molar-refractivity contribution in [1.29, 1.82) is 0 Å². The largest absolute Gasteiger partial charge is 0.326 e. The minimum Gasteiger partial charge on any atom is -0.326 e. The monoisotopic (exact) mass is 374 g/mol. The number of hydrogen-bond donors (Lipinski definition) is 1. The molecule has 1 N–H and O–H groups in total. The van der Waals surface area contributed by atoms with Crippen LogP contribution in [0.25, 0.3) is 0 Å². The van der Waals surface area contributed by atoms with Gasteiger partial charge in [0.05, 0.1) is 6.26 Å². The molecule has 0 aliphatic rings. The van der Waals surface area contributed by atoms with Gasteiger partial charge in [0, 0.05) is 24.7 Å². The number of nitrogens with zero attached hydrogens (tertiary/aromatic N) is 1. The molecule has 1 atom stereocenters. The Morgan fingerprint density at radius 1 is 1.08 bits per heavy atom. The van der Waals surface area contributed by atoms with Gasteiger partial charge >= 0.3 is 0 Å². The van der Waals surface area contributed by atoms with Gasteiger partial charge in [-0.3, -0.25) is 4.79 Å². The summed E-state index contributed by atoms with van der Waals surface area (Å²) in [5.41, 5.74) is 3.87.